The SMILES string of the molecule is O=C(O)C(Sc1n[nH]c(=O)n1C1CC1)c1ccccc1. The molecule has 0 saturated heterocycles. The molecule has 104 valence electrons. The molecule has 6 nitrogen and oxygen atoms in total. The number of carbonyl (C=O) groups is 1. The summed E-state index contributed by atoms with van der Waals surface area (Å²) in [7, 11) is 0. The van der Waals surface area contributed by atoms with E-state index in [1.807, 2.05) is 6.07 Å². The van der Waals surface area contributed by atoms with E-state index < -0.39 is 11.2 Å². The number of hydrogen-bond donors (Lipinski definition) is 2. The van der Waals surface area contributed by atoms with Crippen molar-refractivity contribution >= 4 is 17.7 Å². The number of nitrogens with zero attached hydrogens (tertiary/aromatic N) is 2. The van der Waals surface area contributed by atoms with Crippen LogP contribution in [-0.2, 0) is 4.79 Å². The number of rotatable bonds is 5. The Bertz CT molecular complexity index is 676. The molecule has 2 aromatic rings. The molecule has 1 saturated carbocycles. The highest BCUT2D eigenvalue weighted by Crippen LogP contribution is 2.40. The third-order valence-corrected chi connectivity index (χ3v) is 4.34. The van der Waals surface area contributed by atoms with Crippen LogP contribution in [0.1, 0.15) is 29.7 Å². The van der Waals surface area contributed by atoms with Crippen molar-refractivity contribution in [2.75, 3.05) is 0 Å². The number of benzene rings is 1. The van der Waals surface area contributed by atoms with Gasteiger partial charge in [0.05, 0.1) is 0 Å². The van der Waals surface area contributed by atoms with Crippen molar-refractivity contribution in [3.63, 3.8) is 0 Å². The molecule has 1 atom stereocenters. The van der Waals surface area contributed by atoms with Crippen LogP contribution in [0.5, 0.6) is 0 Å². The van der Waals surface area contributed by atoms with E-state index in [9.17, 15) is 14.7 Å². The van der Waals surface area contributed by atoms with Gasteiger partial charge in [-0.15, -0.1) is 5.10 Å². The van der Waals surface area contributed by atoms with Crippen LogP contribution in [0.4, 0.5) is 0 Å². The molecule has 0 spiro atoms. The van der Waals surface area contributed by atoms with Gasteiger partial charge in [0.1, 0.15) is 5.25 Å². The molecule has 1 aromatic carbocycles. The predicted molar refractivity (Wildman–Crippen MR) is 73.8 cm³/mol. The Morgan fingerprint density at radius 1 is 1.40 bits per heavy atom. The highest BCUT2D eigenvalue weighted by molar-refractivity contribution is 8.00. The standard InChI is InChI=1S/C13H13N3O3S/c17-11(18)10(8-4-2-1-3-5-8)20-13-15-14-12(19)16(13)9-6-7-9/h1-5,9-10H,6-7H2,(H,14,19)(H,17,18). The van der Waals surface area contributed by atoms with Crippen LogP contribution in [0.2, 0.25) is 0 Å². The Morgan fingerprint density at radius 2 is 2.10 bits per heavy atom. The zero-order valence-electron chi connectivity index (χ0n) is 10.5. The van der Waals surface area contributed by atoms with Crippen molar-refractivity contribution in [2.45, 2.75) is 29.3 Å². The minimum Gasteiger partial charge on any atom is -0.480 e. The van der Waals surface area contributed by atoms with E-state index in [1.54, 1.807) is 28.8 Å². The molecular formula is C13H13N3O3S. The molecule has 1 aliphatic carbocycles. The van der Waals surface area contributed by atoms with Gasteiger partial charge in [-0.25, -0.2) is 9.89 Å². The topological polar surface area (TPSA) is 88.0 Å². The molecule has 1 heterocycles. The molecule has 1 unspecified atom stereocenters. The highest BCUT2D eigenvalue weighted by Gasteiger charge is 2.31. The van der Waals surface area contributed by atoms with Crippen LogP contribution in [-0.4, -0.2) is 25.8 Å². The molecule has 2 N–H and O–H groups in total. The smallest absolute Gasteiger partial charge is 0.344 e. The maximum atomic E-state index is 11.7. The summed E-state index contributed by atoms with van der Waals surface area (Å²) >= 11 is 1.09. The van der Waals surface area contributed by atoms with Crippen molar-refractivity contribution in [1.29, 1.82) is 0 Å². The van der Waals surface area contributed by atoms with Gasteiger partial charge in [0, 0.05) is 6.04 Å². The number of carboxylic acids is 1. The monoisotopic (exact) mass is 291 g/mol. The lowest BCUT2D eigenvalue weighted by Crippen LogP contribution is -2.17. The lowest BCUT2D eigenvalue weighted by molar-refractivity contribution is -0.136. The second-order valence-corrected chi connectivity index (χ2v) is 5.73. The summed E-state index contributed by atoms with van der Waals surface area (Å²) < 4.78 is 1.56. The largest absolute Gasteiger partial charge is 0.480 e. The quantitative estimate of drug-likeness (QED) is 0.820. The number of thioether (sulfide) groups is 1. The van der Waals surface area contributed by atoms with Gasteiger partial charge in [-0.05, 0) is 18.4 Å². The Labute approximate surface area is 118 Å². The normalized spacial score (nSPS) is 16.0. The van der Waals surface area contributed by atoms with E-state index in [4.69, 9.17) is 0 Å². The minimum absolute atomic E-state index is 0.161. The zero-order valence-corrected chi connectivity index (χ0v) is 11.3. The molecule has 3 rings (SSSR count). The van der Waals surface area contributed by atoms with Gasteiger partial charge < -0.3 is 5.11 Å². The van der Waals surface area contributed by atoms with Crippen LogP contribution >= 0.6 is 11.8 Å². The third kappa shape index (κ3) is 2.49. The van der Waals surface area contributed by atoms with Gasteiger partial charge in [-0.3, -0.25) is 9.36 Å². The molecule has 0 amide bonds. The average molecular weight is 291 g/mol. The lowest BCUT2D eigenvalue weighted by atomic mass is 10.1. The average Bonchev–Trinajstić information content (AvgIpc) is 3.21. The molecular weight excluding hydrogens is 278 g/mol. The van der Waals surface area contributed by atoms with Crippen molar-refractivity contribution in [1.82, 2.24) is 14.8 Å². The second-order valence-electron chi connectivity index (χ2n) is 4.66. The summed E-state index contributed by atoms with van der Waals surface area (Å²) in [5.74, 6) is -0.945. The van der Waals surface area contributed by atoms with E-state index in [1.165, 1.54) is 0 Å². The molecule has 20 heavy (non-hydrogen) atoms. The number of aliphatic carboxylic acids is 1. The van der Waals surface area contributed by atoms with Crippen molar-refractivity contribution in [3.05, 3.63) is 46.4 Å². The van der Waals surface area contributed by atoms with Gasteiger partial charge in [-0.2, -0.15) is 0 Å². The van der Waals surface area contributed by atoms with Crippen LogP contribution in [0.3, 0.4) is 0 Å². The molecule has 0 bridgehead atoms. The van der Waals surface area contributed by atoms with Crippen molar-refractivity contribution < 1.29 is 9.90 Å². The maximum Gasteiger partial charge on any atom is 0.344 e. The molecule has 7 heteroatoms. The van der Waals surface area contributed by atoms with Gasteiger partial charge in [0.25, 0.3) is 0 Å². The number of H-pyrrole nitrogens is 1. The minimum atomic E-state index is -0.945. The number of aromatic amines is 1. The summed E-state index contributed by atoms with van der Waals surface area (Å²) in [6.07, 6.45) is 1.88. The van der Waals surface area contributed by atoms with Gasteiger partial charge >= 0.3 is 11.7 Å². The molecule has 0 radical (unpaired) electrons. The summed E-state index contributed by atoms with van der Waals surface area (Å²) in [4.78, 5) is 23.2. The fourth-order valence-electron chi connectivity index (χ4n) is 2.02. The van der Waals surface area contributed by atoms with E-state index in [0.29, 0.717) is 10.7 Å². The molecule has 0 aliphatic heterocycles. The van der Waals surface area contributed by atoms with E-state index >= 15 is 0 Å². The third-order valence-electron chi connectivity index (χ3n) is 3.13. The Morgan fingerprint density at radius 3 is 2.70 bits per heavy atom. The molecule has 1 fully saturated rings. The number of nitrogens with one attached hydrogen (secondary N) is 1. The maximum absolute atomic E-state index is 11.7. The molecule has 1 aliphatic rings. The lowest BCUT2D eigenvalue weighted by Gasteiger charge is -2.12. The van der Waals surface area contributed by atoms with E-state index in [0.717, 1.165) is 24.6 Å². The van der Waals surface area contributed by atoms with Crippen molar-refractivity contribution in [2.24, 2.45) is 0 Å². The van der Waals surface area contributed by atoms with Crippen LogP contribution in [0.15, 0.2) is 40.3 Å². The van der Waals surface area contributed by atoms with E-state index in [2.05, 4.69) is 10.2 Å². The second kappa shape index (κ2) is 5.16. The Kier molecular flexibility index (Phi) is 3.35. The van der Waals surface area contributed by atoms with Crippen LogP contribution in [0, 0.1) is 0 Å². The van der Waals surface area contributed by atoms with Crippen LogP contribution < -0.4 is 5.69 Å². The zero-order chi connectivity index (χ0) is 14.1. The van der Waals surface area contributed by atoms with Crippen molar-refractivity contribution in [3.8, 4) is 0 Å². The first-order chi connectivity index (χ1) is 9.66. The number of aromatic nitrogens is 3. The van der Waals surface area contributed by atoms with Crippen LogP contribution in [0.25, 0.3) is 0 Å². The number of carboxylic acid groups (broad SMARTS) is 1. The van der Waals surface area contributed by atoms with Gasteiger partial charge in [0.15, 0.2) is 5.16 Å². The summed E-state index contributed by atoms with van der Waals surface area (Å²) in [6.45, 7) is 0. The Hall–Kier alpha value is -2.02. The van der Waals surface area contributed by atoms with Gasteiger partial charge in [-0.1, -0.05) is 42.1 Å². The fraction of sp³-hybridized carbons (Fsp3) is 0.308. The first-order valence-corrected chi connectivity index (χ1v) is 7.16. The Balaban J connectivity index is 1.91. The summed E-state index contributed by atoms with van der Waals surface area (Å²) in [5.41, 5.74) is 0.412. The van der Waals surface area contributed by atoms with Gasteiger partial charge in [0.2, 0.25) is 0 Å². The number of hydrogen-bond acceptors (Lipinski definition) is 4. The predicted octanol–water partition coefficient (Wildman–Crippen LogP) is 1.82. The summed E-state index contributed by atoms with van der Waals surface area (Å²) in [6, 6.07) is 9.11. The summed E-state index contributed by atoms with van der Waals surface area (Å²) in [5, 5.41) is 15.4. The first-order valence-electron chi connectivity index (χ1n) is 6.28. The highest BCUT2D eigenvalue weighted by atomic mass is 32.2. The molecule has 1 aromatic heterocycles. The fourth-order valence-corrected chi connectivity index (χ4v) is 3.07. The van der Waals surface area contributed by atoms with E-state index in [-0.39, 0.29) is 11.7 Å². The first kappa shape index (κ1) is 13.0.